The summed E-state index contributed by atoms with van der Waals surface area (Å²) in [5.41, 5.74) is 3.27. The van der Waals surface area contributed by atoms with Crippen molar-refractivity contribution in [3.63, 3.8) is 0 Å². The molecule has 21 heavy (non-hydrogen) atoms. The highest BCUT2D eigenvalue weighted by atomic mass is 16.5. The van der Waals surface area contributed by atoms with Gasteiger partial charge in [0.2, 0.25) is 0 Å². The van der Waals surface area contributed by atoms with Crippen molar-refractivity contribution in [2.75, 3.05) is 6.61 Å². The van der Waals surface area contributed by atoms with E-state index in [-0.39, 0.29) is 0 Å². The zero-order valence-corrected chi connectivity index (χ0v) is 12.7. The number of rotatable bonds is 5. The number of ether oxygens (including phenoxy) is 1. The SMILES string of the molecule is CCCOc1cccc2c1ccn2Cc1c(C)noc1C. The summed E-state index contributed by atoms with van der Waals surface area (Å²) in [5.74, 6) is 1.83. The van der Waals surface area contributed by atoms with E-state index in [1.54, 1.807) is 0 Å². The zero-order chi connectivity index (χ0) is 14.8. The molecule has 2 heterocycles. The molecule has 0 fully saturated rings. The predicted octanol–water partition coefficient (Wildman–Crippen LogP) is 4.08. The summed E-state index contributed by atoms with van der Waals surface area (Å²) in [6, 6.07) is 8.29. The summed E-state index contributed by atoms with van der Waals surface area (Å²) in [6.45, 7) is 7.56. The van der Waals surface area contributed by atoms with Crippen molar-refractivity contribution in [1.82, 2.24) is 9.72 Å². The Bertz CT molecular complexity index is 736. The average molecular weight is 284 g/mol. The van der Waals surface area contributed by atoms with Crippen LogP contribution in [0.25, 0.3) is 10.9 Å². The standard InChI is InChI=1S/C17H20N2O2/c1-4-10-20-17-7-5-6-16-14(17)8-9-19(16)11-15-12(2)18-21-13(15)3/h5-9H,4,10-11H2,1-3H3. The Morgan fingerprint density at radius 2 is 2.10 bits per heavy atom. The second-order valence-electron chi connectivity index (χ2n) is 5.28. The van der Waals surface area contributed by atoms with E-state index in [1.165, 1.54) is 5.52 Å². The third-order valence-corrected chi connectivity index (χ3v) is 3.75. The van der Waals surface area contributed by atoms with E-state index in [4.69, 9.17) is 9.26 Å². The first-order chi connectivity index (χ1) is 10.2. The van der Waals surface area contributed by atoms with Gasteiger partial charge in [0.15, 0.2) is 0 Å². The number of aromatic nitrogens is 2. The van der Waals surface area contributed by atoms with E-state index in [0.29, 0.717) is 0 Å². The van der Waals surface area contributed by atoms with Crippen LogP contribution in [0.3, 0.4) is 0 Å². The Morgan fingerprint density at radius 3 is 2.81 bits per heavy atom. The van der Waals surface area contributed by atoms with E-state index in [0.717, 1.165) is 47.7 Å². The van der Waals surface area contributed by atoms with Crippen molar-refractivity contribution >= 4 is 10.9 Å². The Morgan fingerprint density at radius 1 is 1.24 bits per heavy atom. The molecule has 0 bridgehead atoms. The number of hydrogen-bond acceptors (Lipinski definition) is 3. The molecule has 2 aromatic heterocycles. The van der Waals surface area contributed by atoms with E-state index in [1.807, 2.05) is 26.0 Å². The molecule has 3 aromatic rings. The molecule has 0 unspecified atom stereocenters. The number of nitrogens with zero attached hydrogens (tertiary/aromatic N) is 2. The van der Waals surface area contributed by atoms with Gasteiger partial charge in [-0.1, -0.05) is 18.1 Å². The van der Waals surface area contributed by atoms with Crippen LogP contribution >= 0.6 is 0 Å². The van der Waals surface area contributed by atoms with Crippen molar-refractivity contribution in [2.24, 2.45) is 0 Å². The third-order valence-electron chi connectivity index (χ3n) is 3.75. The predicted molar refractivity (Wildman–Crippen MR) is 82.8 cm³/mol. The molecule has 0 amide bonds. The molecule has 0 aliphatic rings. The van der Waals surface area contributed by atoms with Gasteiger partial charge in [0.1, 0.15) is 11.5 Å². The minimum atomic E-state index is 0.744. The van der Waals surface area contributed by atoms with E-state index in [2.05, 4.69) is 35.0 Å². The average Bonchev–Trinajstić information content (AvgIpc) is 3.04. The smallest absolute Gasteiger partial charge is 0.138 e. The van der Waals surface area contributed by atoms with Crippen LogP contribution in [0.2, 0.25) is 0 Å². The molecule has 0 saturated heterocycles. The second-order valence-corrected chi connectivity index (χ2v) is 5.28. The molecular formula is C17H20N2O2. The van der Waals surface area contributed by atoms with Crippen molar-refractivity contribution in [3.8, 4) is 5.75 Å². The fraction of sp³-hybridized carbons (Fsp3) is 0.353. The number of fused-ring (bicyclic) bond motifs is 1. The van der Waals surface area contributed by atoms with Crippen LogP contribution < -0.4 is 4.74 Å². The Hall–Kier alpha value is -2.23. The Balaban J connectivity index is 1.97. The summed E-state index contributed by atoms with van der Waals surface area (Å²) < 4.78 is 13.3. The lowest BCUT2D eigenvalue weighted by atomic mass is 10.2. The molecule has 4 nitrogen and oxygen atoms in total. The van der Waals surface area contributed by atoms with Crippen LogP contribution in [0.4, 0.5) is 0 Å². The molecule has 0 aliphatic heterocycles. The van der Waals surface area contributed by atoms with Crippen LogP contribution in [0.1, 0.15) is 30.4 Å². The molecule has 0 N–H and O–H groups in total. The lowest BCUT2D eigenvalue weighted by Gasteiger charge is -2.08. The van der Waals surface area contributed by atoms with Crippen molar-refractivity contribution < 1.29 is 9.26 Å². The van der Waals surface area contributed by atoms with Crippen LogP contribution in [-0.2, 0) is 6.54 Å². The monoisotopic (exact) mass is 284 g/mol. The topological polar surface area (TPSA) is 40.2 Å². The lowest BCUT2D eigenvalue weighted by molar-refractivity contribution is 0.321. The number of aryl methyl sites for hydroxylation is 2. The van der Waals surface area contributed by atoms with Gasteiger partial charge in [0, 0.05) is 17.1 Å². The van der Waals surface area contributed by atoms with Crippen LogP contribution in [0.5, 0.6) is 5.75 Å². The maximum absolute atomic E-state index is 5.82. The van der Waals surface area contributed by atoms with Crippen molar-refractivity contribution in [1.29, 1.82) is 0 Å². The third kappa shape index (κ3) is 2.53. The van der Waals surface area contributed by atoms with Gasteiger partial charge in [-0.15, -0.1) is 0 Å². The first-order valence-corrected chi connectivity index (χ1v) is 7.33. The molecule has 0 saturated carbocycles. The van der Waals surface area contributed by atoms with Gasteiger partial charge in [-0.25, -0.2) is 0 Å². The maximum atomic E-state index is 5.82. The molecule has 0 atom stereocenters. The summed E-state index contributed by atoms with van der Waals surface area (Å²) in [6.07, 6.45) is 3.10. The molecule has 3 rings (SSSR count). The van der Waals surface area contributed by atoms with Crippen LogP contribution in [0, 0.1) is 13.8 Å². The molecular weight excluding hydrogens is 264 g/mol. The van der Waals surface area contributed by atoms with Crippen molar-refractivity contribution in [3.05, 3.63) is 47.5 Å². The molecule has 4 heteroatoms. The van der Waals surface area contributed by atoms with Gasteiger partial charge in [0.05, 0.1) is 24.4 Å². The number of benzene rings is 1. The van der Waals surface area contributed by atoms with Gasteiger partial charge in [-0.2, -0.15) is 0 Å². The molecule has 0 spiro atoms. The molecule has 0 aliphatic carbocycles. The largest absolute Gasteiger partial charge is 0.493 e. The zero-order valence-electron chi connectivity index (χ0n) is 12.7. The van der Waals surface area contributed by atoms with Gasteiger partial charge in [-0.3, -0.25) is 0 Å². The minimum absolute atomic E-state index is 0.744. The van der Waals surface area contributed by atoms with Gasteiger partial charge in [0.25, 0.3) is 0 Å². The molecule has 1 aromatic carbocycles. The summed E-state index contributed by atoms with van der Waals surface area (Å²) in [7, 11) is 0. The summed E-state index contributed by atoms with van der Waals surface area (Å²) in [5, 5.41) is 5.17. The highest BCUT2D eigenvalue weighted by Gasteiger charge is 2.12. The second kappa shape index (κ2) is 5.64. The normalized spacial score (nSPS) is 11.2. The molecule has 110 valence electrons. The number of hydrogen-bond donors (Lipinski definition) is 0. The highest BCUT2D eigenvalue weighted by Crippen LogP contribution is 2.28. The Labute approximate surface area is 124 Å². The van der Waals surface area contributed by atoms with Crippen molar-refractivity contribution in [2.45, 2.75) is 33.7 Å². The fourth-order valence-corrected chi connectivity index (χ4v) is 2.57. The summed E-state index contributed by atoms with van der Waals surface area (Å²) in [4.78, 5) is 0. The van der Waals surface area contributed by atoms with Gasteiger partial charge in [-0.05, 0) is 38.5 Å². The van der Waals surface area contributed by atoms with E-state index in [9.17, 15) is 0 Å². The van der Waals surface area contributed by atoms with Gasteiger partial charge < -0.3 is 13.8 Å². The lowest BCUT2D eigenvalue weighted by Crippen LogP contribution is -2.00. The summed E-state index contributed by atoms with van der Waals surface area (Å²) >= 11 is 0. The van der Waals surface area contributed by atoms with Crippen LogP contribution in [-0.4, -0.2) is 16.3 Å². The fourth-order valence-electron chi connectivity index (χ4n) is 2.57. The first-order valence-electron chi connectivity index (χ1n) is 7.33. The molecule has 0 radical (unpaired) electrons. The first kappa shape index (κ1) is 13.7. The minimum Gasteiger partial charge on any atom is -0.493 e. The van der Waals surface area contributed by atoms with Crippen LogP contribution in [0.15, 0.2) is 35.0 Å². The Kier molecular flexibility index (Phi) is 3.69. The van der Waals surface area contributed by atoms with Gasteiger partial charge >= 0.3 is 0 Å². The maximum Gasteiger partial charge on any atom is 0.138 e. The van der Waals surface area contributed by atoms with E-state index < -0.39 is 0 Å². The highest BCUT2D eigenvalue weighted by molar-refractivity contribution is 5.86. The quantitative estimate of drug-likeness (QED) is 0.708. The van der Waals surface area contributed by atoms with E-state index >= 15 is 0 Å².